The summed E-state index contributed by atoms with van der Waals surface area (Å²) in [5.74, 6) is -0.267. The molecule has 1 N–H and O–H groups in total. The van der Waals surface area contributed by atoms with Crippen molar-refractivity contribution in [3.8, 4) is 0 Å². The molecule has 0 amide bonds. The molecule has 1 aliphatic carbocycles. The van der Waals surface area contributed by atoms with Crippen LogP contribution in [0.15, 0.2) is 11.6 Å². The zero-order valence-corrected chi connectivity index (χ0v) is 6.54. The quantitative estimate of drug-likeness (QED) is 0.566. The van der Waals surface area contributed by atoms with E-state index in [4.69, 9.17) is 5.11 Å². The third-order valence-electron chi connectivity index (χ3n) is 1.83. The van der Waals surface area contributed by atoms with Crippen LogP contribution in [0.2, 0.25) is 0 Å². The molecule has 11 heavy (non-hydrogen) atoms. The van der Waals surface area contributed by atoms with Crippen LogP contribution in [-0.2, 0) is 9.53 Å². The largest absolute Gasteiger partial charge is 0.466 e. The summed E-state index contributed by atoms with van der Waals surface area (Å²) in [4.78, 5) is 10.9. The number of hydrogen-bond donors (Lipinski definition) is 1. The number of rotatable bonds is 1. The van der Waals surface area contributed by atoms with E-state index < -0.39 is 0 Å². The van der Waals surface area contributed by atoms with Crippen molar-refractivity contribution in [1.82, 2.24) is 0 Å². The fourth-order valence-electron chi connectivity index (χ4n) is 1.14. The summed E-state index contributed by atoms with van der Waals surface area (Å²) in [6.45, 7) is 0. The Morgan fingerprint density at radius 2 is 2.55 bits per heavy atom. The minimum absolute atomic E-state index is 0.267. The van der Waals surface area contributed by atoms with Crippen LogP contribution >= 0.6 is 0 Å². The zero-order chi connectivity index (χ0) is 8.27. The van der Waals surface area contributed by atoms with Gasteiger partial charge in [-0.05, 0) is 19.3 Å². The molecule has 1 atom stereocenters. The smallest absolute Gasteiger partial charge is 0.333 e. The monoisotopic (exact) mass is 156 g/mol. The van der Waals surface area contributed by atoms with Crippen LogP contribution < -0.4 is 0 Å². The summed E-state index contributed by atoms with van der Waals surface area (Å²) in [7, 11) is 1.37. The second-order valence-corrected chi connectivity index (χ2v) is 2.65. The number of ether oxygens (including phenoxy) is 1. The molecule has 0 saturated carbocycles. The lowest BCUT2D eigenvalue weighted by Crippen LogP contribution is -2.15. The lowest BCUT2D eigenvalue weighted by molar-refractivity contribution is -0.136. The van der Waals surface area contributed by atoms with Gasteiger partial charge in [-0.25, -0.2) is 4.79 Å². The Kier molecular flexibility index (Phi) is 2.65. The summed E-state index contributed by atoms with van der Waals surface area (Å²) in [6, 6.07) is 0. The van der Waals surface area contributed by atoms with Gasteiger partial charge >= 0.3 is 5.97 Å². The lowest BCUT2D eigenvalue weighted by atomic mass is 9.97. The number of esters is 1. The Morgan fingerprint density at radius 3 is 3.00 bits per heavy atom. The molecule has 0 bridgehead atoms. The third-order valence-corrected chi connectivity index (χ3v) is 1.83. The van der Waals surface area contributed by atoms with Gasteiger partial charge < -0.3 is 9.84 Å². The van der Waals surface area contributed by atoms with Crippen LogP contribution in [0.5, 0.6) is 0 Å². The Labute approximate surface area is 65.7 Å². The van der Waals surface area contributed by atoms with Gasteiger partial charge in [-0.3, -0.25) is 0 Å². The molecule has 3 heteroatoms. The summed E-state index contributed by atoms with van der Waals surface area (Å²) in [6.07, 6.45) is 3.35. The second-order valence-electron chi connectivity index (χ2n) is 2.65. The third kappa shape index (κ3) is 2.05. The van der Waals surface area contributed by atoms with Gasteiger partial charge in [0, 0.05) is 5.57 Å². The van der Waals surface area contributed by atoms with Gasteiger partial charge in [0.05, 0.1) is 13.2 Å². The minimum atomic E-state index is -0.275. The van der Waals surface area contributed by atoms with E-state index in [0.717, 1.165) is 0 Å². The summed E-state index contributed by atoms with van der Waals surface area (Å²) in [5.41, 5.74) is 0.692. The Morgan fingerprint density at radius 1 is 1.82 bits per heavy atom. The topological polar surface area (TPSA) is 46.5 Å². The van der Waals surface area contributed by atoms with Crippen LogP contribution in [0.4, 0.5) is 0 Å². The molecule has 0 radical (unpaired) electrons. The Hall–Kier alpha value is -0.830. The maximum Gasteiger partial charge on any atom is 0.333 e. The van der Waals surface area contributed by atoms with E-state index in [1.165, 1.54) is 7.11 Å². The molecule has 3 nitrogen and oxygen atoms in total. The molecular weight excluding hydrogens is 144 g/mol. The van der Waals surface area contributed by atoms with E-state index >= 15 is 0 Å². The van der Waals surface area contributed by atoms with Gasteiger partial charge in [-0.2, -0.15) is 0 Å². The van der Waals surface area contributed by atoms with Crippen molar-refractivity contribution in [3.63, 3.8) is 0 Å². The first-order valence-electron chi connectivity index (χ1n) is 3.69. The molecule has 62 valence electrons. The maximum absolute atomic E-state index is 10.9. The number of aliphatic hydroxyl groups is 1. The fourth-order valence-corrected chi connectivity index (χ4v) is 1.14. The molecule has 0 saturated heterocycles. The first-order valence-corrected chi connectivity index (χ1v) is 3.69. The average Bonchev–Trinajstić information content (AvgIpc) is 2.05. The van der Waals surface area contributed by atoms with Crippen LogP contribution in [0.25, 0.3) is 0 Å². The van der Waals surface area contributed by atoms with Gasteiger partial charge in [0.25, 0.3) is 0 Å². The summed E-state index contributed by atoms with van der Waals surface area (Å²) in [5, 5.41) is 9.08. The van der Waals surface area contributed by atoms with Crippen molar-refractivity contribution in [2.24, 2.45) is 0 Å². The lowest BCUT2D eigenvalue weighted by Gasteiger charge is -2.15. The van der Waals surface area contributed by atoms with Gasteiger partial charge in [-0.1, -0.05) is 6.08 Å². The van der Waals surface area contributed by atoms with Crippen molar-refractivity contribution in [2.75, 3.05) is 7.11 Å². The predicted molar refractivity (Wildman–Crippen MR) is 40.0 cm³/mol. The first kappa shape index (κ1) is 8.27. The number of carbonyl (C=O) groups excluding carboxylic acids is 1. The number of aliphatic hydroxyl groups excluding tert-OH is 1. The molecule has 0 aromatic carbocycles. The van der Waals surface area contributed by atoms with Crippen molar-refractivity contribution in [3.05, 3.63) is 11.6 Å². The van der Waals surface area contributed by atoms with Gasteiger partial charge in [0.1, 0.15) is 0 Å². The highest BCUT2D eigenvalue weighted by atomic mass is 16.5. The maximum atomic E-state index is 10.9. The minimum Gasteiger partial charge on any atom is -0.466 e. The molecule has 0 aliphatic heterocycles. The fraction of sp³-hybridized carbons (Fsp3) is 0.625. The second kappa shape index (κ2) is 3.53. The predicted octanol–water partition coefficient (Wildman–Crippen LogP) is 0.631. The standard InChI is InChI=1S/C8H12O3/c1-11-8(10)6-2-4-7(9)5-3-6/h2,7,9H,3-5H2,1H3. The molecule has 1 aliphatic rings. The highest BCUT2D eigenvalue weighted by molar-refractivity contribution is 5.88. The molecule has 0 heterocycles. The van der Waals surface area contributed by atoms with Gasteiger partial charge in [0.15, 0.2) is 0 Å². The number of carbonyl (C=O) groups is 1. The molecule has 0 fully saturated rings. The SMILES string of the molecule is COC(=O)C1=CCC(O)CC1. The van der Waals surface area contributed by atoms with E-state index in [2.05, 4.69) is 4.74 Å². The van der Waals surface area contributed by atoms with E-state index in [-0.39, 0.29) is 12.1 Å². The van der Waals surface area contributed by atoms with Crippen LogP contribution in [0.3, 0.4) is 0 Å². The molecule has 0 spiro atoms. The molecular formula is C8H12O3. The highest BCUT2D eigenvalue weighted by Crippen LogP contribution is 2.18. The van der Waals surface area contributed by atoms with E-state index in [1.807, 2.05) is 0 Å². The van der Waals surface area contributed by atoms with Crippen LogP contribution in [0, 0.1) is 0 Å². The van der Waals surface area contributed by atoms with Gasteiger partial charge in [0.2, 0.25) is 0 Å². The van der Waals surface area contributed by atoms with Crippen molar-refractivity contribution >= 4 is 5.97 Å². The van der Waals surface area contributed by atoms with Gasteiger partial charge in [-0.15, -0.1) is 0 Å². The molecule has 0 aromatic rings. The van der Waals surface area contributed by atoms with Crippen molar-refractivity contribution in [1.29, 1.82) is 0 Å². The van der Waals surface area contributed by atoms with E-state index in [1.54, 1.807) is 6.08 Å². The molecule has 1 rings (SSSR count). The highest BCUT2D eigenvalue weighted by Gasteiger charge is 2.16. The summed E-state index contributed by atoms with van der Waals surface area (Å²) >= 11 is 0. The zero-order valence-electron chi connectivity index (χ0n) is 6.54. The molecule has 0 aromatic heterocycles. The summed E-state index contributed by atoms with van der Waals surface area (Å²) < 4.78 is 4.54. The Bertz CT molecular complexity index is 184. The Balaban J connectivity index is 2.54. The van der Waals surface area contributed by atoms with E-state index in [9.17, 15) is 4.79 Å². The number of methoxy groups -OCH3 is 1. The van der Waals surface area contributed by atoms with Crippen molar-refractivity contribution in [2.45, 2.75) is 25.4 Å². The normalized spacial score (nSPS) is 24.2. The van der Waals surface area contributed by atoms with Crippen molar-refractivity contribution < 1.29 is 14.6 Å². The average molecular weight is 156 g/mol. The molecule has 1 unspecified atom stereocenters. The van der Waals surface area contributed by atoms with E-state index in [0.29, 0.717) is 24.8 Å². The van der Waals surface area contributed by atoms with Crippen LogP contribution in [0.1, 0.15) is 19.3 Å². The van der Waals surface area contributed by atoms with Crippen LogP contribution in [-0.4, -0.2) is 24.3 Å². The first-order chi connectivity index (χ1) is 5.24. The number of hydrogen-bond acceptors (Lipinski definition) is 3.